The van der Waals surface area contributed by atoms with Crippen molar-refractivity contribution in [2.24, 2.45) is 5.92 Å². The Morgan fingerprint density at radius 1 is 1.00 bits per heavy atom. The predicted octanol–water partition coefficient (Wildman–Crippen LogP) is 5.93. The Labute approximate surface area is 158 Å². The molecule has 1 aliphatic carbocycles. The number of methoxy groups -OCH3 is 2. The number of hydrogen-bond acceptors (Lipinski definition) is 4. The first-order valence-electron chi connectivity index (χ1n) is 9.96. The normalized spacial score (nSPS) is 16.2. The molecule has 0 spiro atoms. The average molecular weight is 380 g/mol. The Morgan fingerprint density at radius 3 is 2.23 bits per heavy atom. The molecule has 4 nitrogen and oxygen atoms in total. The highest BCUT2D eigenvalue weighted by molar-refractivity contribution is 7.64. The van der Waals surface area contributed by atoms with E-state index in [9.17, 15) is 9.36 Å². The number of hydrogen-bond donors (Lipinski definition) is 0. The van der Waals surface area contributed by atoms with Crippen molar-refractivity contribution in [1.29, 1.82) is 0 Å². The number of rotatable bonds is 11. The van der Waals surface area contributed by atoms with Gasteiger partial charge in [0, 0.05) is 6.16 Å². The molecule has 0 radical (unpaired) electrons. The van der Waals surface area contributed by atoms with Crippen molar-refractivity contribution < 1.29 is 18.8 Å². The summed E-state index contributed by atoms with van der Waals surface area (Å²) in [7, 11) is 0.679. The maximum absolute atomic E-state index is 12.6. The van der Waals surface area contributed by atoms with Crippen LogP contribution in [0, 0.1) is 5.92 Å². The van der Waals surface area contributed by atoms with Gasteiger partial charge in [0.25, 0.3) is 0 Å². The molecular formula is C21H33O4P. The van der Waals surface area contributed by atoms with E-state index in [4.69, 9.17) is 9.47 Å². The lowest BCUT2D eigenvalue weighted by Gasteiger charge is -2.21. The van der Waals surface area contributed by atoms with Crippen LogP contribution in [0.25, 0.3) is 0 Å². The zero-order valence-electron chi connectivity index (χ0n) is 16.2. The molecule has 1 aromatic carbocycles. The number of unbranched alkanes of at least 4 members (excludes halogenated alkanes) is 3. The highest BCUT2D eigenvalue weighted by Gasteiger charge is 2.22. The summed E-state index contributed by atoms with van der Waals surface area (Å²) >= 11 is 0. The number of carbonyl (C=O) groups excluding carboxylic acids is 1. The number of benzene rings is 1. The fourth-order valence-corrected chi connectivity index (χ4v) is 5.20. The molecule has 1 atom stereocenters. The maximum Gasteiger partial charge on any atom is 0.225 e. The molecule has 1 unspecified atom stereocenters. The van der Waals surface area contributed by atoms with Gasteiger partial charge in [0.15, 0.2) is 0 Å². The van der Waals surface area contributed by atoms with E-state index in [1.807, 2.05) is 0 Å². The third-order valence-electron chi connectivity index (χ3n) is 5.40. The van der Waals surface area contributed by atoms with E-state index in [-0.39, 0.29) is 5.52 Å². The second kappa shape index (κ2) is 11.4. The van der Waals surface area contributed by atoms with Crippen LogP contribution in [-0.4, -0.2) is 25.9 Å². The first-order chi connectivity index (χ1) is 12.7. The van der Waals surface area contributed by atoms with E-state index in [2.05, 4.69) is 0 Å². The molecule has 5 heteroatoms. The standard InChI is InChI=1S/C21H33O4P/c1-24-18-14-10-15-19(25-2)20(18)21(22)26(23)16-9-4-3-6-11-17-12-7-5-8-13-17/h10,14-15,17,26H,3-9,11-13,16H2,1-2H3. The fourth-order valence-electron chi connectivity index (χ4n) is 3.88. The highest BCUT2D eigenvalue weighted by atomic mass is 31.1. The predicted molar refractivity (Wildman–Crippen MR) is 107 cm³/mol. The maximum atomic E-state index is 12.6. The van der Waals surface area contributed by atoms with Gasteiger partial charge < -0.3 is 14.0 Å². The van der Waals surface area contributed by atoms with Crippen molar-refractivity contribution in [2.45, 2.75) is 64.2 Å². The SMILES string of the molecule is COc1cccc(OC)c1C(=O)[PH](=O)CCCCCCC1CCCCC1. The highest BCUT2D eigenvalue weighted by Crippen LogP contribution is 2.38. The van der Waals surface area contributed by atoms with Crippen LogP contribution in [0.5, 0.6) is 11.5 Å². The van der Waals surface area contributed by atoms with Gasteiger partial charge in [-0.15, -0.1) is 0 Å². The monoisotopic (exact) mass is 380 g/mol. The zero-order valence-corrected chi connectivity index (χ0v) is 17.2. The van der Waals surface area contributed by atoms with Crippen molar-refractivity contribution in [3.05, 3.63) is 23.8 Å². The molecule has 26 heavy (non-hydrogen) atoms. The summed E-state index contributed by atoms with van der Waals surface area (Å²) in [6.07, 6.45) is 13.2. The molecule has 1 aliphatic rings. The molecule has 0 heterocycles. The van der Waals surface area contributed by atoms with Crippen molar-refractivity contribution in [3.8, 4) is 11.5 Å². The summed E-state index contributed by atoms with van der Waals surface area (Å²) in [6.45, 7) is 0. The lowest BCUT2D eigenvalue weighted by molar-refractivity contribution is 0.107. The molecule has 2 rings (SSSR count). The van der Waals surface area contributed by atoms with Crippen LogP contribution in [-0.2, 0) is 4.57 Å². The Bertz CT molecular complexity index is 571. The minimum absolute atomic E-state index is 0.318. The average Bonchev–Trinajstić information content (AvgIpc) is 2.69. The Hall–Kier alpha value is -1.28. The van der Waals surface area contributed by atoms with Crippen LogP contribution in [0.1, 0.15) is 74.6 Å². The quantitative estimate of drug-likeness (QED) is 0.352. The minimum atomic E-state index is -2.34. The summed E-state index contributed by atoms with van der Waals surface area (Å²) in [5.74, 6) is 1.79. The van der Waals surface area contributed by atoms with Crippen LogP contribution in [0.4, 0.5) is 0 Å². The van der Waals surface area contributed by atoms with Gasteiger partial charge in [-0.05, 0) is 24.5 Å². The topological polar surface area (TPSA) is 52.6 Å². The third kappa shape index (κ3) is 6.16. The van der Waals surface area contributed by atoms with Gasteiger partial charge in [0.2, 0.25) is 5.52 Å². The van der Waals surface area contributed by atoms with Crippen molar-refractivity contribution >= 4 is 13.3 Å². The van der Waals surface area contributed by atoms with E-state index in [0.717, 1.165) is 18.8 Å². The van der Waals surface area contributed by atoms with E-state index < -0.39 is 7.80 Å². The first-order valence-corrected chi connectivity index (χ1v) is 11.6. The van der Waals surface area contributed by atoms with Gasteiger partial charge in [-0.3, -0.25) is 4.79 Å². The lowest BCUT2D eigenvalue weighted by atomic mass is 9.85. The summed E-state index contributed by atoms with van der Waals surface area (Å²) in [4.78, 5) is 12.6. The van der Waals surface area contributed by atoms with Crippen LogP contribution in [0.2, 0.25) is 0 Å². The molecule has 0 amide bonds. The van der Waals surface area contributed by atoms with E-state index in [0.29, 0.717) is 23.2 Å². The van der Waals surface area contributed by atoms with E-state index in [1.165, 1.54) is 65.6 Å². The Kier molecular flexibility index (Phi) is 9.25. The molecule has 1 saturated carbocycles. The largest absolute Gasteiger partial charge is 0.496 e. The van der Waals surface area contributed by atoms with Crippen molar-refractivity contribution in [2.75, 3.05) is 20.4 Å². The van der Waals surface area contributed by atoms with Gasteiger partial charge in [-0.2, -0.15) is 0 Å². The van der Waals surface area contributed by atoms with Gasteiger partial charge in [0.1, 0.15) is 24.9 Å². The fraction of sp³-hybridized carbons (Fsp3) is 0.667. The molecule has 0 N–H and O–H groups in total. The molecule has 0 bridgehead atoms. The Balaban J connectivity index is 1.73. The second-order valence-electron chi connectivity index (χ2n) is 7.25. The summed E-state index contributed by atoms with van der Waals surface area (Å²) in [5.41, 5.74) is -0.00908. The molecule has 0 aromatic heterocycles. The van der Waals surface area contributed by atoms with Crippen LogP contribution in [0.3, 0.4) is 0 Å². The van der Waals surface area contributed by atoms with E-state index >= 15 is 0 Å². The van der Waals surface area contributed by atoms with Gasteiger partial charge in [0.05, 0.1) is 14.2 Å². The van der Waals surface area contributed by atoms with Crippen LogP contribution in [0.15, 0.2) is 18.2 Å². The minimum Gasteiger partial charge on any atom is -0.496 e. The van der Waals surface area contributed by atoms with Crippen LogP contribution < -0.4 is 9.47 Å². The van der Waals surface area contributed by atoms with Crippen LogP contribution >= 0.6 is 7.80 Å². The molecule has 1 aromatic rings. The Morgan fingerprint density at radius 2 is 1.62 bits per heavy atom. The molecular weight excluding hydrogens is 347 g/mol. The zero-order chi connectivity index (χ0) is 18.8. The van der Waals surface area contributed by atoms with Crippen molar-refractivity contribution in [3.63, 3.8) is 0 Å². The lowest BCUT2D eigenvalue weighted by Crippen LogP contribution is -2.05. The number of carbonyl (C=O) groups is 1. The van der Waals surface area contributed by atoms with Gasteiger partial charge in [-0.25, -0.2) is 0 Å². The summed E-state index contributed by atoms with van der Waals surface area (Å²) < 4.78 is 23.0. The molecule has 0 aliphatic heterocycles. The summed E-state index contributed by atoms with van der Waals surface area (Å²) in [5, 5.41) is 0. The third-order valence-corrected chi connectivity index (χ3v) is 6.96. The smallest absolute Gasteiger partial charge is 0.225 e. The van der Waals surface area contributed by atoms with Gasteiger partial charge >= 0.3 is 0 Å². The molecule has 1 fully saturated rings. The van der Waals surface area contributed by atoms with Crippen molar-refractivity contribution in [1.82, 2.24) is 0 Å². The van der Waals surface area contributed by atoms with E-state index in [1.54, 1.807) is 18.2 Å². The van der Waals surface area contributed by atoms with Gasteiger partial charge in [-0.1, -0.05) is 63.9 Å². The summed E-state index contributed by atoms with van der Waals surface area (Å²) in [6, 6.07) is 5.17. The first kappa shape index (κ1) is 21.0. The second-order valence-corrected chi connectivity index (χ2v) is 9.05. The number of ether oxygens (including phenoxy) is 2. The molecule has 146 valence electrons. The molecule has 0 saturated heterocycles.